The fraction of sp³-hybridized carbons (Fsp3) is 0.312. The largest absolute Gasteiger partial charge is 0.376 e. The Bertz CT molecular complexity index is 707. The summed E-state index contributed by atoms with van der Waals surface area (Å²) in [5, 5.41) is 18.4. The SMILES string of the molecule is CC(C)(C)c1cc(NC(=O)CNc2cccc(C#N)c2)on1. The first kappa shape index (κ1) is 15.6. The summed E-state index contributed by atoms with van der Waals surface area (Å²) >= 11 is 0. The van der Waals surface area contributed by atoms with Crippen molar-refractivity contribution in [2.24, 2.45) is 0 Å². The third kappa shape index (κ3) is 4.09. The van der Waals surface area contributed by atoms with Crippen molar-refractivity contribution in [1.82, 2.24) is 5.16 Å². The molecule has 1 aromatic carbocycles. The van der Waals surface area contributed by atoms with Crippen molar-refractivity contribution in [2.75, 3.05) is 17.2 Å². The Balaban J connectivity index is 1.90. The highest BCUT2D eigenvalue weighted by molar-refractivity contribution is 5.92. The first-order valence-electron chi connectivity index (χ1n) is 6.89. The van der Waals surface area contributed by atoms with Gasteiger partial charge < -0.3 is 9.84 Å². The predicted octanol–water partition coefficient (Wildman–Crippen LogP) is 2.89. The summed E-state index contributed by atoms with van der Waals surface area (Å²) in [5.41, 5.74) is 1.89. The molecule has 0 aliphatic carbocycles. The van der Waals surface area contributed by atoms with Gasteiger partial charge in [-0.05, 0) is 18.2 Å². The van der Waals surface area contributed by atoms with Gasteiger partial charge >= 0.3 is 0 Å². The topological polar surface area (TPSA) is 91.0 Å². The van der Waals surface area contributed by atoms with Crippen LogP contribution < -0.4 is 10.6 Å². The van der Waals surface area contributed by atoms with Crippen LogP contribution >= 0.6 is 0 Å². The number of amides is 1. The van der Waals surface area contributed by atoms with Crippen LogP contribution in [-0.4, -0.2) is 17.6 Å². The molecule has 6 nitrogen and oxygen atoms in total. The van der Waals surface area contributed by atoms with E-state index in [0.717, 1.165) is 5.69 Å². The Kier molecular flexibility index (Phi) is 4.47. The number of nitrogens with zero attached hydrogens (tertiary/aromatic N) is 2. The monoisotopic (exact) mass is 298 g/mol. The quantitative estimate of drug-likeness (QED) is 0.905. The second-order valence-electron chi connectivity index (χ2n) is 5.92. The summed E-state index contributed by atoms with van der Waals surface area (Å²) in [6, 6.07) is 10.7. The van der Waals surface area contributed by atoms with Gasteiger partial charge in [0.1, 0.15) is 0 Å². The van der Waals surface area contributed by atoms with Crippen molar-refractivity contribution in [1.29, 1.82) is 5.26 Å². The molecule has 0 aliphatic heterocycles. The normalized spacial score (nSPS) is 10.8. The second kappa shape index (κ2) is 6.31. The highest BCUT2D eigenvalue weighted by Crippen LogP contribution is 2.23. The van der Waals surface area contributed by atoms with Gasteiger partial charge in [-0.2, -0.15) is 5.26 Å². The molecule has 22 heavy (non-hydrogen) atoms. The van der Waals surface area contributed by atoms with E-state index >= 15 is 0 Å². The lowest BCUT2D eigenvalue weighted by Gasteiger charge is -2.12. The molecule has 2 N–H and O–H groups in total. The van der Waals surface area contributed by atoms with E-state index in [2.05, 4.69) is 15.8 Å². The Labute approximate surface area is 129 Å². The lowest BCUT2D eigenvalue weighted by Crippen LogP contribution is -2.21. The zero-order valence-corrected chi connectivity index (χ0v) is 12.8. The zero-order chi connectivity index (χ0) is 16.2. The van der Waals surface area contributed by atoms with Crippen LogP contribution in [0.25, 0.3) is 0 Å². The van der Waals surface area contributed by atoms with Gasteiger partial charge in [-0.1, -0.05) is 32.0 Å². The zero-order valence-electron chi connectivity index (χ0n) is 12.8. The molecule has 0 aliphatic rings. The molecular weight excluding hydrogens is 280 g/mol. The summed E-state index contributed by atoms with van der Waals surface area (Å²) in [6.45, 7) is 6.11. The maximum Gasteiger partial charge on any atom is 0.246 e. The number of anilines is 2. The maximum atomic E-state index is 11.9. The fourth-order valence-electron chi connectivity index (χ4n) is 1.75. The minimum atomic E-state index is -0.251. The molecule has 0 fully saturated rings. The van der Waals surface area contributed by atoms with Gasteiger partial charge in [0, 0.05) is 17.2 Å². The van der Waals surface area contributed by atoms with Crippen molar-refractivity contribution in [2.45, 2.75) is 26.2 Å². The number of nitrogens with one attached hydrogen (secondary N) is 2. The van der Waals surface area contributed by atoms with E-state index in [1.165, 1.54) is 0 Å². The average molecular weight is 298 g/mol. The van der Waals surface area contributed by atoms with Gasteiger partial charge in [-0.3, -0.25) is 10.1 Å². The Hall–Kier alpha value is -2.81. The highest BCUT2D eigenvalue weighted by Gasteiger charge is 2.19. The average Bonchev–Trinajstić information content (AvgIpc) is 2.94. The standard InChI is InChI=1S/C16H18N4O2/c1-16(2,3)13-8-15(22-20-13)19-14(21)10-18-12-6-4-5-11(7-12)9-17/h4-8,18H,10H2,1-3H3,(H,19,21). The third-order valence-corrected chi connectivity index (χ3v) is 2.99. The van der Waals surface area contributed by atoms with Crippen LogP contribution in [-0.2, 0) is 10.2 Å². The first-order valence-corrected chi connectivity index (χ1v) is 6.89. The molecule has 6 heteroatoms. The highest BCUT2D eigenvalue weighted by atomic mass is 16.5. The Morgan fingerprint density at radius 1 is 1.36 bits per heavy atom. The van der Waals surface area contributed by atoms with Gasteiger partial charge in [0.05, 0.1) is 23.9 Å². The number of carbonyl (C=O) groups excluding carboxylic acids is 1. The van der Waals surface area contributed by atoms with E-state index in [-0.39, 0.29) is 17.9 Å². The van der Waals surface area contributed by atoms with Crippen molar-refractivity contribution < 1.29 is 9.32 Å². The molecule has 0 unspecified atom stereocenters. The van der Waals surface area contributed by atoms with Gasteiger partial charge in [-0.25, -0.2) is 0 Å². The van der Waals surface area contributed by atoms with Crippen molar-refractivity contribution in [3.05, 3.63) is 41.6 Å². The number of hydrogen-bond donors (Lipinski definition) is 2. The minimum absolute atomic E-state index is 0.0699. The molecule has 2 aromatic rings. The van der Waals surface area contributed by atoms with Crippen molar-refractivity contribution in [3.8, 4) is 6.07 Å². The van der Waals surface area contributed by atoms with Gasteiger partial charge in [0.25, 0.3) is 0 Å². The van der Waals surface area contributed by atoms with Crippen LogP contribution in [0.5, 0.6) is 0 Å². The van der Waals surface area contributed by atoms with Gasteiger partial charge in [0.2, 0.25) is 11.8 Å². The summed E-state index contributed by atoms with van der Waals surface area (Å²) < 4.78 is 5.10. The van der Waals surface area contributed by atoms with Crippen LogP contribution in [0.2, 0.25) is 0 Å². The van der Waals surface area contributed by atoms with E-state index < -0.39 is 0 Å². The van der Waals surface area contributed by atoms with Gasteiger partial charge in [-0.15, -0.1) is 0 Å². The fourth-order valence-corrected chi connectivity index (χ4v) is 1.75. The molecule has 1 aromatic heterocycles. The third-order valence-electron chi connectivity index (χ3n) is 2.99. The number of hydrogen-bond acceptors (Lipinski definition) is 5. The first-order chi connectivity index (χ1) is 10.4. The minimum Gasteiger partial charge on any atom is -0.376 e. The van der Waals surface area contributed by atoms with Crippen LogP contribution in [0.1, 0.15) is 32.0 Å². The van der Waals surface area contributed by atoms with Crippen molar-refractivity contribution in [3.63, 3.8) is 0 Å². The smallest absolute Gasteiger partial charge is 0.246 e. The van der Waals surface area contributed by atoms with E-state index in [1.54, 1.807) is 30.3 Å². The Morgan fingerprint density at radius 3 is 2.77 bits per heavy atom. The van der Waals surface area contributed by atoms with E-state index in [4.69, 9.17) is 9.78 Å². The predicted molar refractivity (Wildman–Crippen MR) is 83.5 cm³/mol. The number of benzene rings is 1. The molecule has 0 radical (unpaired) electrons. The lowest BCUT2D eigenvalue weighted by molar-refractivity contribution is -0.114. The molecule has 114 valence electrons. The van der Waals surface area contributed by atoms with Crippen LogP contribution in [0, 0.1) is 11.3 Å². The molecule has 0 saturated carbocycles. The molecule has 0 bridgehead atoms. The summed E-state index contributed by atoms with van der Waals surface area (Å²) in [6.07, 6.45) is 0. The molecule has 1 heterocycles. The Morgan fingerprint density at radius 2 is 2.14 bits per heavy atom. The second-order valence-corrected chi connectivity index (χ2v) is 5.92. The number of carbonyl (C=O) groups is 1. The van der Waals surface area contributed by atoms with Crippen LogP contribution in [0.3, 0.4) is 0 Å². The van der Waals surface area contributed by atoms with E-state index in [9.17, 15) is 4.79 Å². The molecule has 0 spiro atoms. The summed E-state index contributed by atoms with van der Waals surface area (Å²) in [4.78, 5) is 11.9. The van der Waals surface area contributed by atoms with E-state index in [1.807, 2.05) is 26.8 Å². The molecule has 0 atom stereocenters. The molecule has 0 saturated heterocycles. The van der Waals surface area contributed by atoms with Crippen molar-refractivity contribution >= 4 is 17.5 Å². The van der Waals surface area contributed by atoms with E-state index in [0.29, 0.717) is 17.1 Å². The van der Waals surface area contributed by atoms with Gasteiger partial charge in [0.15, 0.2) is 0 Å². The van der Waals surface area contributed by atoms with Crippen LogP contribution in [0.4, 0.5) is 11.6 Å². The summed E-state index contributed by atoms with van der Waals surface area (Å²) in [7, 11) is 0. The number of rotatable bonds is 4. The molecular formula is C16H18N4O2. The number of nitriles is 1. The summed E-state index contributed by atoms with van der Waals surface area (Å²) in [5.74, 6) is 0.0708. The lowest BCUT2D eigenvalue weighted by atomic mass is 9.92. The van der Waals surface area contributed by atoms with Crippen LogP contribution in [0.15, 0.2) is 34.9 Å². The molecule has 2 rings (SSSR count). The maximum absolute atomic E-state index is 11.9. The number of aromatic nitrogens is 1. The molecule has 1 amide bonds.